The summed E-state index contributed by atoms with van der Waals surface area (Å²) in [6.07, 6.45) is 3.54. The second-order valence-corrected chi connectivity index (χ2v) is 8.00. The largest absolute Gasteiger partial charge is 0.309 e. The third-order valence-corrected chi connectivity index (χ3v) is 6.27. The summed E-state index contributed by atoms with van der Waals surface area (Å²) in [5.41, 5.74) is 6.67. The molecule has 3 heterocycles. The SMILES string of the molecule is c1ccc(-n2c3ccc(-n4c5ccccc5c5ccccc54)cc3c3cncnc32)cc1. The van der Waals surface area contributed by atoms with Gasteiger partial charge in [0, 0.05) is 39.1 Å². The Morgan fingerprint density at radius 2 is 1.16 bits per heavy atom. The Bertz CT molecular complexity index is 1720. The molecule has 0 aliphatic rings. The molecule has 0 spiro atoms. The monoisotopic (exact) mass is 410 g/mol. The van der Waals surface area contributed by atoms with E-state index in [0.717, 1.165) is 33.3 Å². The second kappa shape index (κ2) is 6.53. The minimum atomic E-state index is 0.917. The van der Waals surface area contributed by atoms with E-state index in [-0.39, 0.29) is 0 Å². The molecule has 3 aromatic heterocycles. The molecule has 0 amide bonds. The van der Waals surface area contributed by atoms with Crippen molar-refractivity contribution in [2.45, 2.75) is 0 Å². The van der Waals surface area contributed by atoms with Gasteiger partial charge in [0.1, 0.15) is 12.0 Å². The van der Waals surface area contributed by atoms with Crippen LogP contribution in [0, 0.1) is 0 Å². The molecule has 0 saturated carbocycles. The third-order valence-electron chi connectivity index (χ3n) is 6.27. The van der Waals surface area contributed by atoms with Crippen LogP contribution in [0.2, 0.25) is 0 Å². The Kier molecular flexibility index (Phi) is 3.52. The van der Waals surface area contributed by atoms with Crippen LogP contribution in [-0.2, 0) is 0 Å². The Morgan fingerprint density at radius 1 is 0.500 bits per heavy atom. The molecule has 0 unspecified atom stereocenters. The average molecular weight is 410 g/mol. The van der Waals surface area contributed by atoms with Gasteiger partial charge in [0.15, 0.2) is 0 Å². The molecule has 0 aliphatic carbocycles. The maximum atomic E-state index is 4.63. The average Bonchev–Trinajstić information content (AvgIpc) is 3.37. The van der Waals surface area contributed by atoms with Gasteiger partial charge in [-0.05, 0) is 42.5 Å². The molecule has 0 fully saturated rings. The molecule has 150 valence electrons. The molecule has 0 atom stereocenters. The van der Waals surface area contributed by atoms with Gasteiger partial charge in [-0.2, -0.15) is 0 Å². The van der Waals surface area contributed by atoms with Gasteiger partial charge in [0.25, 0.3) is 0 Å². The highest BCUT2D eigenvalue weighted by Crippen LogP contribution is 2.35. The van der Waals surface area contributed by atoms with E-state index in [9.17, 15) is 0 Å². The van der Waals surface area contributed by atoms with Crippen molar-refractivity contribution in [1.29, 1.82) is 0 Å². The highest BCUT2D eigenvalue weighted by Gasteiger charge is 2.16. The van der Waals surface area contributed by atoms with E-state index < -0.39 is 0 Å². The Balaban J connectivity index is 1.59. The lowest BCUT2D eigenvalue weighted by Crippen LogP contribution is -1.96. The quantitative estimate of drug-likeness (QED) is 0.319. The predicted octanol–water partition coefficient (Wildman–Crippen LogP) is 6.67. The summed E-state index contributed by atoms with van der Waals surface area (Å²) in [5.74, 6) is 0. The first-order valence-electron chi connectivity index (χ1n) is 10.7. The fourth-order valence-corrected chi connectivity index (χ4v) is 4.92. The summed E-state index contributed by atoms with van der Waals surface area (Å²) in [6, 6.07) is 34.2. The Labute approximate surface area is 184 Å². The fraction of sp³-hybridized carbons (Fsp3) is 0. The van der Waals surface area contributed by atoms with E-state index in [2.05, 4.69) is 110 Å². The minimum absolute atomic E-state index is 0.917. The predicted molar refractivity (Wildman–Crippen MR) is 131 cm³/mol. The Morgan fingerprint density at radius 3 is 1.91 bits per heavy atom. The van der Waals surface area contributed by atoms with Gasteiger partial charge >= 0.3 is 0 Å². The lowest BCUT2D eigenvalue weighted by atomic mass is 10.2. The van der Waals surface area contributed by atoms with E-state index in [4.69, 9.17) is 0 Å². The molecule has 0 saturated heterocycles. The first-order valence-corrected chi connectivity index (χ1v) is 10.7. The lowest BCUT2D eigenvalue weighted by Gasteiger charge is -2.10. The topological polar surface area (TPSA) is 35.6 Å². The van der Waals surface area contributed by atoms with Gasteiger partial charge in [0.2, 0.25) is 0 Å². The zero-order valence-corrected chi connectivity index (χ0v) is 17.2. The molecular formula is C28H18N4. The van der Waals surface area contributed by atoms with E-state index in [1.807, 2.05) is 12.3 Å². The highest BCUT2D eigenvalue weighted by atomic mass is 15.1. The van der Waals surface area contributed by atoms with Crippen molar-refractivity contribution in [1.82, 2.24) is 19.1 Å². The van der Waals surface area contributed by atoms with E-state index in [1.54, 1.807) is 6.33 Å². The van der Waals surface area contributed by atoms with Crippen molar-refractivity contribution in [3.8, 4) is 11.4 Å². The summed E-state index contributed by atoms with van der Waals surface area (Å²) in [5, 5.41) is 4.72. The van der Waals surface area contributed by atoms with Gasteiger partial charge in [-0.1, -0.05) is 54.6 Å². The van der Waals surface area contributed by atoms with Crippen LogP contribution >= 0.6 is 0 Å². The first-order chi connectivity index (χ1) is 15.9. The third kappa shape index (κ3) is 2.32. The van der Waals surface area contributed by atoms with E-state index in [0.29, 0.717) is 0 Å². The van der Waals surface area contributed by atoms with Crippen LogP contribution < -0.4 is 0 Å². The number of aromatic nitrogens is 4. The normalized spacial score (nSPS) is 11.8. The summed E-state index contributed by atoms with van der Waals surface area (Å²) in [4.78, 5) is 8.96. The van der Waals surface area contributed by atoms with Gasteiger partial charge in [-0.3, -0.25) is 4.57 Å². The van der Waals surface area contributed by atoms with Crippen LogP contribution in [0.1, 0.15) is 0 Å². The smallest absolute Gasteiger partial charge is 0.148 e. The van der Waals surface area contributed by atoms with Crippen LogP contribution in [0.15, 0.2) is 110 Å². The van der Waals surface area contributed by atoms with E-state index >= 15 is 0 Å². The van der Waals surface area contributed by atoms with Gasteiger partial charge < -0.3 is 4.57 Å². The molecule has 0 aliphatic heterocycles. The molecule has 7 aromatic rings. The molecule has 0 N–H and O–H groups in total. The van der Waals surface area contributed by atoms with Gasteiger partial charge in [0.05, 0.1) is 16.6 Å². The maximum Gasteiger partial charge on any atom is 0.148 e. The molecule has 32 heavy (non-hydrogen) atoms. The van der Waals surface area contributed by atoms with Crippen LogP contribution in [0.25, 0.3) is 55.1 Å². The number of nitrogens with zero attached hydrogens (tertiary/aromatic N) is 4. The molecular weight excluding hydrogens is 392 g/mol. The second-order valence-electron chi connectivity index (χ2n) is 8.00. The summed E-state index contributed by atoms with van der Waals surface area (Å²) < 4.78 is 4.56. The molecule has 4 heteroatoms. The molecule has 0 bridgehead atoms. The van der Waals surface area contributed by atoms with Gasteiger partial charge in [-0.25, -0.2) is 9.97 Å². The van der Waals surface area contributed by atoms with Crippen molar-refractivity contribution in [3.63, 3.8) is 0 Å². The zero-order chi connectivity index (χ0) is 21.1. The number of hydrogen-bond acceptors (Lipinski definition) is 2. The molecule has 7 rings (SSSR count). The first kappa shape index (κ1) is 17.3. The zero-order valence-electron chi connectivity index (χ0n) is 17.2. The van der Waals surface area contributed by atoms with Crippen molar-refractivity contribution in [3.05, 3.63) is 110 Å². The van der Waals surface area contributed by atoms with Crippen molar-refractivity contribution >= 4 is 43.7 Å². The van der Waals surface area contributed by atoms with Crippen LogP contribution in [-0.4, -0.2) is 19.1 Å². The van der Waals surface area contributed by atoms with Crippen LogP contribution in [0.3, 0.4) is 0 Å². The van der Waals surface area contributed by atoms with Crippen molar-refractivity contribution < 1.29 is 0 Å². The summed E-state index contributed by atoms with van der Waals surface area (Å²) >= 11 is 0. The lowest BCUT2D eigenvalue weighted by molar-refractivity contribution is 1.11. The molecule has 0 radical (unpaired) electrons. The van der Waals surface area contributed by atoms with Crippen molar-refractivity contribution in [2.75, 3.05) is 0 Å². The van der Waals surface area contributed by atoms with E-state index in [1.165, 1.54) is 21.8 Å². The Hall–Kier alpha value is -4.44. The molecule has 4 nitrogen and oxygen atoms in total. The standard InChI is InChI=1S/C28H18N4/c1-2-8-19(9-3-1)32-27-15-14-20(16-23(27)24-17-29-18-30-28(24)32)31-25-12-6-4-10-21(25)22-11-5-7-13-26(22)31/h1-18H. The number of rotatable bonds is 2. The van der Waals surface area contributed by atoms with Crippen molar-refractivity contribution in [2.24, 2.45) is 0 Å². The number of fused-ring (bicyclic) bond motifs is 6. The maximum absolute atomic E-state index is 4.63. The van der Waals surface area contributed by atoms with Crippen LogP contribution in [0.5, 0.6) is 0 Å². The number of hydrogen-bond donors (Lipinski definition) is 0. The summed E-state index contributed by atoms with van der Waals surface area (Å²) in [6.45, 7) is 0. The molecule has 4 aromatic carbocycles. The summed E-state index contributed by atoms with van der Waals surface area (Å²) in [7, 11) is 0. The fourth-order valence-electron chi connectivity index (χ4n) is 4.92. The van der Waals surface area contributed by atoms with Crippen LogP contribution in [0.4, 0.5) is 0 Å². The number of para-hydroxylation sites is 3. The van der Waals surface area contributed by atoms with Gasteiger partial charge in [-0.15, -0.1) is 0 Å². The minimum Gasteiger partial charge on any atom is -0.309 e. The number of benzene rings is 4. The highest BCUT2D eigenvalue weighted by molar-refractivity contribution is 6.11.